The molecule has 0 N–H and O–H groups in total. The van der Waals surface area contributed by atoms with E-state index in [1.165, 1.54) is 4.31 Å². The monoisotopic (exact) mass is 431 g/mol. The van der Waals surface area contributed by atoms with Crippen LogP contribution >= 0.6 is 31.9 Å². The van der Waals surface area contributed by atoms with Crippen molar-refractivity contribution >= 4 is 41.9 Å². The highest BCUT2D eigenvalue weighted by Crippen LogP contribution is 2.20. The van der Waals surface area contributed by atoms with Crippen LogP contribution in [0.15, 0.2) is 64.0 Å². The third-order valence-electron chi connectivity index (χ3n) is 2.99. The molecule has 0 atom stereocenters. The lowest BCUT2D eigenvalue weighted by Gasteiger charge is -2.21. The van der Waals surface area contributed by atoms with E-state index in [0.717, 1.165) is 10.0 Å². The van der Waals surface area contributed by atoms with E-state index in [2.05, 4.69) is 31.9 Å². The van der Waals surface area contributed by atoms with Crippen molar-refractivity contribution in [3.63, 3.8) is 0 Å². The van der Waals surface area contributed by atoms with Gasteiger partial charge in [-0.15, -0.1) is 0 Å². The molecule has 6 heteroatoms. The van der Waals surface area contributed by atoms with Crippen LogP contribution in [0.25, 0.3) is 0 Å². The Morgan fingerprint density at radius 2 is 1.57 bits per heavy atom. The van der Waals surface area contributed by atoms with E-state index >= 15 is 0 Å². The topological polar surface area (TPSA) is 37.4 Å². The molecule has 0 bridgehead atoms. The molecule has 2 aromatic carbocycles. The standard InChI is InChI=1S/C15H15Br2NO2S/c16-10-11-18(12-13-4-2-1-3-5-13)21(19,20)15-8-6-14(17)7-9-15/h1-9H,10-12H2. The minimum Gasteiger partial charge on any atom is -0.207 e. The summed E-state index contributed by atoms with van der Waals surface area (Å²) in [6.07, 6.45) is 0. The molecule has 0 heterocycles. The summed E-state index contributed by atoms with van der Waals surface area (Å²) in [7, 11) is -3.50. The highest BCUT2D eigenvalue weighted by atomic mass is 79.9. The zero-order chi connectivity index (χ0) is 15.3. The van der Waals surface area contributed by atoms with Crippen molar-refractivity contribution in [1.82, 2.24) is 4.31 Å². The van der Waals surface area contributed by atoms with Crippen LogP contribution in [-0.4, -0.2) is 24.6 Å². The molecule has 21 heavy (non-hydrogen) atoms. The van der Waals surface area contributed by atoms with Gasteiger partial charge in [-0.3, -0.25) is 0 Å². The first-order valence-electron chi connectivity index (χ1n) is 6.39. The van der Waals surface area contributed by atoms with Gasteiger partial charge in [0, 0.05) is 22.9 Å². The summed E-state index contributed by atoms with van der Waals surface area (Å²) >= 11 is 6.64. The van der Waals surface area contributed by atoms with Crippen LogP contribution in [0.3, 0.4) is 0 Å². The quantitative estimate of drug-likeness (QED) is 0.646. The highest BCUT2D eigenvalue weighted by molar-refractivity contribution is 9.10. The van der Waals surface area contributed by atoms with E-state index in [1.54, 1.807) is 24.3 Å². The number of nitrogens with zero attached hydrogens (tertiary/aromatic N) is 1. The lowest BCUT2D eigenvalue weighted by Crippen LogP contribution is -2.32. The summed E-state index contributed by atoms with van der Waals surface area (Å²) in [6.45, 7) is 0.790. The van der Waals surface area contributed by atoms with Crippen LogP contribution < -0.4 is 0 Å². The Labute approximate surface area is 142 Å². The van der Waals surface area contributed by atoms with Crippen molar-refractivity contribution in [2.45, 2.75) is 11.4 Å². The fraction of sp³-hybridized carbons (Fsp3) is 0.200. The second-order valence-corrected chi connectivity index (χ2v) is 8.11. The van der Waals surface area contributed by atoms with Crippen molar-refractivity contribution in [1.29, 1.82) is 0 Å². The first-order valence-corrected chi connectivity index (χ1v) is 9.75. The molecule has 0 saturated heterocycles. The molecule has 0 saturated carbocycles. The Morgan fingerprint density at radius 3 is 2.14 bits per heavy atom. The number of sulfonamides is 1. The van der Waals surface area contributed by atoms with E-state index in [0.29, 0.717) is 23.3 Å². The van der Waals surface area contributed by atoms with Crippen molar-refractivity contribution < 1.29 is 8.42 Å². The van der Waals surface area contributed by atoms with Gasteiger partial charge < -0.3 is 0 Å². The van der Waals surface area contributed by atoms with E-state index in [9.17, 15) is 8.42 Å². The van der Waals surface area contributed by atoms with Gasteiger partial charge in [0.25, 0.3) is 0 Å². The molecule has 2 aromatic rings. The van der Waals surface area contributed by atoms with Crippen LogP contribution in [0.2, 0.25) is 0 Å². The summed E-state index contributed by atoms with van der Waals surface area (Å²) in [5.41, 5.74) is 0.971. The minimum absolute atomic E-state index is 0.308. The maximum atomic E-state index is 12.7. The maximum Gasteiger partial charge on any atom is 0.243 e. The average Bonchev–Trinajstić information content (AvgIpc) is 2.48. The molecule has 0 spiro atoms. The first kappa shape index (κ1) is 16.7. The third kappa shape index (κ3) is 4.39. The molecule has 2 rings (SSSR count). The normalized spacial score (nSPS) is 11.8. The van der Waals surface area contributed by atoms with Gasteiger partial charge in [0.05, 0.1) is 4.90 Å². The van der Waals surface area contributed by atoms with Crippen LogP contribution in [-0.2, 0) is 16.6 Å². The molecule has 0 radical (unpaired) electrons. The lowest BCUT2D eigenvalue weighted by atomic mass is 10.2. The molecular weight excluding hydrogens is 418 g/mol. The molecule has 0 aliphatic carbocycles. The van der Waals surface area contributed by atoms with Crippen molar-refractivity contribution in [3.8, 4) is 0 Å². The number of benzene rings is 2. The number of rotatable bonds is 6. The Kier molecular flexibility index (Phi) is 5.98. The predicted molar refractivity (Wildman–Crippen MR) is 92.0 cm³/mol. The molecule has 112 valence electrons. The van der Waals surface area contributed by atoms with Gasteiger partial charge in [0.1, 0.15) is 0 Å². The van der Waals surface area contributed by atoms with Crippen molar-refractivity contribution in [2.24, 2.45) is 0 Å². The number of halogens is 2. The largest absolute Gasteiger partial charge is 0.243 e. The molecule has 0 unspecified atom stereocenters. The Balaban J connectivity index is 2.30. The second kappa shape index (κ2) is 7.54. The summed E-state index contributed by atoms with van der Waals surface area (Å²) < 4.78 is 27.8. The zero-order valence-electron chi connectivity index (χ0n) is 11.2. The van der Waals surface area contributed by atoms with Gasteiger partial charge in [-0.1, -0.05) is 62.2 Å². The van der Waals surface area contributed by atoms with Gasteiger partial charge in [-0.05, 0) is 29.8 Å². The predicted octanol–water partition coefficient (Wildman–Crippen LogP) is 4.03. The highest BCUT2D eigenvalue weighted by Gasteiger charge is 2.23. The molecular formula is C15H15Br2NO2S. The fourth-order valence-electron chi connectivity index (χ4n) is 1.92. The smallest absolute Gasteiger partial charge is 0.207 e. The maximum absolute atomic E-state index is 12.7. The van der Waals surface area contributed by atoms with Crippen molar-refractivity contribution in [2.75, 3.05) is 11.9 Å². The van der Waals surface area contributed by atoms with Crippen LogP contribution in [0, 0.1) is 0 Å². The Hall–Kier alpha value is -0.690. The van der Waals surface area contributed by atoms with Gasteiger partial charge in [-0.2, -0.15) is 4.31 Å². The minimum atomic E-state index is -3.50. The lowest BCUT2D eigenvalue weighted by molar-refractivity contribution is 0.426. The van der Waals surface area contributed by atoms with E-state index in [4.69, 9.17) is 0 Å². The SMILES string of the molecule is O=S(=O)(c1ccc(Br)cc1)N(CCBr)Cc1ccccc1. The number of hydrogen-bond acceptors (Lipinski definition) is 2. The fourth-order valence-corrected chi connectivity index (χ4v) is 4.28. The third-order valence-corrected chi connectivity index (χ3v) is 5.73. The van der Waals surface area contributed by atoms with E-state index < -0.39 is 10.0 Å². The van der Waals surface area contributed by atoms with Crippen LogP contribution in [0.5, 0.6) is 0 Å². The van der Waals surface area contributed by atoms with Crippen LogP contribution in [0.4, 0.5) is 0 Å². The molecule has 0 aromatic heterocycles. The van der Waals surface area contributed by atoms with Crippen LogP contribution in [0.1, 0.15) is 5.56 Å². The Bertz CT molecular complexity index is 673. The average molecular weight is 433 g/mol. The second-order valence-electron chi connectivity index (χ2n) is 4.47. The summed E-state index contributed by atoms with van der Waals surface area (Å²) in [4.78, 5) is 0.308. The molecule has 0 aliphatic rings. The first-order chi connectivity index (χ1) is 10.0. The molecule has 0 amide bonds. The van der Waals surface area contributed by atoms with Crippen molar-refractivity contribution in [3.05, 3.63) is 64.6 Å². The Morgan fingerprint density at radius 1 is 0.952 bits per heavy atom. The summed E-state index contributed by atoms with van der Waals surface area (Å²) in [5, 5.41) is 0.593. The summed E-state index contributed by atoms with van der Waals surface area (Å²) in [5.74, 6) is 0. The van der Waals surface area contributed by atoms with Gasteiger partial charge in [0.15, 0.2) is 0 Å². The zero-order valence-corrected chi connectivity index (χ0v) is 15.2. The summed E-state index contributed by atoms with van der Waals surface area (Å²) in [6, 6.07) is 16.3. The number of hydrogen-bond donors (Lipinski definition) is 0. The van der Waals surface area contributed by atoms with Gasteiger partial charge in [0.2, 0.25) is 10.0 Å². The van der Waals surface area contributed by atoms with Gasteiger partial charge in [-0.25, -0.2) is 8.42 Å². The van der Waals surface area contributed by atoms with Gasteiger partial charge >= 0.3 is 0 Å². The molecule has 0 aliphatic heterocycles. The van der Waals surface area contributed by atoms with E-state index in [-0.39, 0.29) is 0 Å². The molecule has 3 nitrogen and oxygen atoms in total. The van der Waals surface area contributed by atoms with E-state index in [1.807, 2.05) is 30.3 Å². The molecule has 0 fully saturated rings. The number of alkyl halides is 1.